The molecular weight excluding hydrogens is 274 g/mol. The van der Waals surface area contributed by atoms with Crippen LogP contribution in [0, 0.1) is 0 Å². The summed E-state index contributed by atoms with van der Waals surface area (Å²) in [6.07, 6.45) is 1.98. The van der Waals surface area contributed by atoms with Crippen LogP contribution < -0.4 is 0 Å². The highest BCUT2D eigenvalue weighted by Crippen LogP contribution is 2.45. The first-order chi connectivity index (χ1) is 8.19. The number of hydrogen-bond donors (Lipinski definition) is 0. The molecule has 18 heavy (non-hydrogen) atoms. The molecule has 1 saturated carbocycles. The van der Waals surface area contributed by atoms with Gasteiger partial charge in [0, 0.05) is 40.6 Å². The van der Waals surface area contributed by atoms with Crippen molar-refractivity contribution in [2.45, 2.75) is 41.9 Å². The Morgan fingerprint density at radius 3 is 2.00 bits per heavy atom. The molecule has 2 unspecified atom stereocenters. The zero-order chi connectivity index (χ0) is 13.7. The van der Waals surface area contributed by atoms with Crippen LogP contribution >= 0.6 is 0 Å². The van der Waals surface area contributed by atoms with Crippen LogP contribution in [-0.4, -0.2) is 58.0 Å². The second-order valence-corrected chi connectivity index (χ2v) is 10.0. The van der Waals surface area contributed by atoms with Crippen molar-refractivity contribution in [3.63, 3.8) is 0 Å². The first-order valence-corrected chi connectivity index (χ1v) is 9.24. The Morgan fingerprint density at radius 1 is 1.22 bits per heavy atom. The van der Waals surface area contributed by atoms with Crippen LogP contribution in [0.25, 0.3) is 0 Å². The minimum atomic E-state index is -3.36. The van der Waals surface area contributed by atoms with Crippen molar-refractivity contribution in [3.8, 4) is 0 Å². The van der Waals surface area contributed by atoms with Crippen LogP contribution in [-0.2, 0) is 25.4 Å². The van der Waals surface area contributed by atoms with Gasteiger partial charge in [-0.05, 0) is 26.7 Å². The lowest BCUT2D eigenvalue weighted by Crippen LogP contribution is -2.54. The molecule has 0 bridgehead atoms. The van der Waals surface area contributed by atoms with E-state index in [9.17, 15) is 17.4 Å². The number of rotatable bonds is 2. The Labute approximate surface area is 110 Å². The number of amides is 1. The van der Waals surface area contributed by atoms with Crippen molar-refractivity contribution in [2.24, 2.45) is 0 Å². The second-order valence-electron chi connectivity index (χ2n) is 5.43. The molecule has 2 rings (SSSR count). The number of carbonyl (C=O) groups is 1. The quantitative estimate of drug-likeness (QED) is 0.714. The molecule has 1 amide bonds. The van der Waals surface area contributed by atoms with Crippen molar-refractivity contribution < 1.29 is 17.4 Å². The Hall–Kier alpha value is -0.430. The smallest absolute Gasteiger partial charge is 0.244 e. The molecule has 5 nitrogen and oxygen atoms in total. The monoisotopic (exact) mass is 293 g/mol. The fraction of sp³-hybridized carbons (Fsp3) is 0.909. The van der Waals surface area contributed by atoms with E-state index in [0.29, 0.717) is 25.9 Å². The zero-order valence-electron chi connectivity index (χ0n) is 10.9. The highest BCUT2D eigenvalue weighted by molar-refractivity contribution is 7.93. The van der Waals surface area contributed by atoms with Crippen LogP contribution in [0.4, 0.5) is 0 Å². The van der Waals surface area contributed by atoms with E-state index in [1.807, 2.05) is 13.8 Å². The van der Waals surface area contributed by atoms with E-state index in [1.165, 1.54) is 0 Å². The molecule has 1 saturated heterocycles. The van der Waals surface area contributed by atoms with E-state index in [1.54, 1.807) is 4.90 Å². The van der Waals surface area contributed by atoms with Gasteiger partial charge < -0.3 is 4.90 Å². The van der Waals surface area contributed by atoms with Gasteiger partial charge >= 0.3 is 0 Å². The normalized spacial score (nSPS) is 35.3. The van der Waals surface area contributed by atoms with E-state index in [4.69, 9.17) is 0 Å². The largest absolute Gasteiger partial charge is 0.339 e. The van der Waals surface area contributed by atoms with Gasteiger partial charge in [-0.2, -0.15) is 0 Å². The van der Waals surface area contributed by atoms with Crippen molar-refractivity contribution in [2.75, 3.05) is 19.3 Å². The molecule has 0 aromatic heterocycles. The maximum absolute atomic E-state index is 12.4. The third kappa shape index (κ3) is 2.11. The van der Waals surface area contributed by atoms with Crippen molar-refractivity contribution in [1.82, 2.24) is 4.90 Å². The predicted octanol–water partition coefficient (Wildman–Crippen LogP) is -0.0685. The number of sulfone groups is 1. The average molecular weight is 293 g/mol. The van der Waals surface area contributed by atoms with E-state index < -0.39 is 25.4 Å². The van der Waals surface area contributed by atoms with Gasteiger partial charge in [0.05, 0.1) is 0 Å². The highest BCUT2D eigenvalue weighted by Gasteiger charge is 2.60. The molecule has 104 valence electrons. The number of hydrogen-bond acceptors (Lipinski definition) is 4. The molecule has 0 N–H and O–H groups in total. The molecule has 1 heterocycles. The average Bonchev–Trinajstić information content (AvgIpc) is 3.04. The minimum Gasteiger partial charge on any atom is -0.339 e. The molecular formula is C11H19NO4S2. The summed E-state index contributed by atoms with van der Waals surface area (Å²) in [5.74, 6) is -0.291. The fourth-order valence-electron chi connectivity index (χ4n) is 2.55. The van der Waals surface area contributed by atoms with Crippen LogP contribution in [0.2, 0.25) is 0 Å². The minimum absolute atomic E-state index is 0.0898. The van der Waals surface area contributed by atoms with E-state index in [-0.39, 0.29) is 16.4 Å². The first-order valence-electron chi connectivity index (χ1n) is 6.07. The van der Waals surface area contributed by atoms with E-state index >= 15 is 0 Å². The van der Waals surface area contributed by atoms with Crippen molar-refractivity contribution in [3.05, 3.63) is 0 Å². The van der Waals surface area contributed by atoms with Crippen molar-refractivity contribution >= 4 is 26.5 Å². The highest BCUT2D eigenvalue weighted by atomic mass is 32.2. The Kier molecular flexibility index (Phi) is 3.34. The lowest BCUT2D eigenvalue weighted by molar-refractivity contribution is -0.131. The van der Waals surface area contributed by atoms with Gasteiger partial charge in [-0.3, -0.25) is 9.00 Å². The lowest BCUT2D eigenvalue weighted by atomic mass is 10.2. The summed E-state index contributed by atoms with van der Waals surface area (Å²) in [5.41, 5.74) is 0. The first kappa shape index (κ1) is 14.0. The summed E-state index contributed by atoms with van der Waals surface area (Å²) < 4.78 is 34.1. The summed E-state index contributed by atoms with van der Waals surface area (Å²) in [4.78, 5) is 14.0. The second kappa shape index (κ2) is 4.30. The van der Waals surface area contributed by atoms with Gasteiger partial charge in [-0.1, -0.05) is 0 Å². The SMILES string of the molecule is CC1CN(C(=O)C2(S(C)(=O)=O)CC2)CC(C)S1=O. The molecule has 2 fully saturated rings. The summed E-state index contributed by atoms with van der Waals surface area (Å²) in [6, 6.07) is 0. The van der Waals surface area contributed by atoms with Gasteiger partial charge in [0.15, 0.2) is 14.6 Å². The van der Waals surface area contributed by atoms with Crippen LogP contribution in [0.15, 0.2) is 0 Å². The van der Waals surface area contributed by atoms with Crippen LogP contribution in [0.3, 0.4) is 0 Å². The molecule has 1 aliphatic carbocycles. The molecule has 2 aliphatic rings. The standard InChI is InChI=1S/C11H19NO4S2/c1-8-6-12(7-9(2)17(8)14)10(13)11(4-5-11)18(3,15)16/h8-9H,4-7H2,1-3H3. The third-order valence-electron chi connectivity index (χ3n) is 3.84. The summed E-state index contributed by atoms with van der Waals surface area (Å²) >= 11 is 0. The van der Waals surface area contributed by atoms with Crippen molar-refractivity contribution in [1.29, 1.82) is 0 Å². The zero-order valence-corrected chi connectivity index (χ0v) is 12.5. The Bertz CT molecular complexity index is 481. The molecule has 0 aromatic rings. The van der Waals surface area contributed by atoms with Crippen LogP contribution in [0.1, 0.15) is 26.7 Å². The Balaban J connectivity index is 2.19. The summed E-state index contributed by atoms with van der Waals surface area (Å²) in [7, 11) is -4.29. The van der Waals surface area contributed by atoms with Gasteiger partial charge in [0.1, 0.15) is 0 Å². The van der Waals surface area contributed by atoms with E-state index in [0.717, 1.165) is 6.26 Å². The van der Waals surface area contributed by atoms with Crippen LogP contribution in [0.5, 0.6) is 0 Å². The topological polar surface area (TPSA) is 71.5 Å². The molecule has 2 atom stereocenters. The van der Waals surface area contributed by atoms with E-state index in [2.05, 4.69) is 0 Å². The maximum Gasteiger partial charge on any atom is 0.244 e. The molecule has 0 aromatic carbocycles. The lowest BCUT2D eigenvalue weighted by Gasteiger charge is -2.36. The molecule has 1 aliphatic heterocycles. The molecule has 7 heteroatoms. The number of carbonyl (C=O) groups excluding carboxylic acids is 1. The van der Waals surface area contributed by atoms with Gasteiger partial charge in [-0.25, -0.2) is 8.42 Å². The van der Waals surface area contributed by atoms with Gasteiger partial charge in [0.25, 0.3) is 0 Å². The summed E-state index contributed by atoms with van der Waals surface area (Å²) in [6.45, 7) is 4.47. The Morgan fingerprint density at radius 2 is 1.67 bits per heavy atom. The van der Waals surface area contributed by atoms with Gasteiger partial charge in [0.2, 0.25) is 5.91 Å². The maximum atomic E-state index is 12.4. The molecule has 0 spiro atoms. The fourth-order valence-corrected chi connectivity index (χ4v) is 5.29. The third-order valence-corrected chi connectivity index (χ3v) is 7.73. The predicted molar refractivity (Wildman–Crippen MR) is 70.5 cm³/mol. The van der Waals surface area contributed by atoms with Gasteiger partial charge in [-0.15, -0.1) is 0 Å². The summed E-state index contributed by atoms with van der Waals surface area (Å²) in [5, 5.41) is -0.180. The number of nitrogens with zero attached hydrogens (tertiary/aromatic N) is 1. The molecule has 0 radical (unpaired) electrons.